The fourth-order valence-corrected chi connectivity index (χ4v) is 1.07. The summed E-state index contributed by atoms with van der Waals surface area (Å²) in [6, 6.07) is 1.30. The standard InChI is InChI=1S/C9H7F3N2/c1-13-4-2-7-3-5-14-6-8(7)9(10,11)12/h3,5-6H,2,4H2. The van der Waals surface area contributed by atoms with E-state index in [4.69, 9.17) is 6.57 Å². The third-order valence-electron chi connectivity index (χ3n) is 1.71. The van der Waals surface area contributed by atoms with Crippen LogP contribution in [0.5, 0.6) is 0 Å². The van der Waals surface area contributed by atoms with E-state index in [9.17, 15) is 13.2 Å². The molecule has 1 heterocycles. The molecular formula is C9H7F3N2. The zero-order chi connectivity index (χ0) is 10.6. The fourth-order valence-electron chi connectivity index (χ4n) is 1.07. The lowest BCUT2D eigenvalue weighted by atomic mass is 10.1. The summed E-state index contributed by atoms with van der Waals surface area (Å²) >= 11 is 0. The first kappa shape index (κ1) is 10.5. The van der Waals surface area contributed by atoms with Gasteiger partial charge in [-0.25, -0.2) is 6.57 Å². The Morgan fingerprint density at radius 3 is 2.71 bits per heavy atom. The Bertz CT molecular complexity index is 352. The summed E-state index contributed by atoms with van der Waals surface area (Å²) < 4.78 is 37.1. The van der Waals surface area contributed by atoms with Crippen molar-refractivity contribution in [3.8, 4) is 0 Å². The van der Waals surface area contributed by atoms with Gasteiger partial charge >= 0.3 is 6.18 Å². The molecule has 0 aliphatic heterocycles. The molecule has 5 heteroatoms. The second-order valence-corrected chi connectivity index (χ2v) is 2.66. The molecule has 74 valence electrons. The number of aromatic nitrogens is 1. The predicted octanol–water partition coefficient (Wildman–Crippen LogP) is 2.56. The Morgan fingerprint density at radius 1 is 1.43 bits per heavy atom. The van der Waals surface area contributed by atoms with Gasteiger partial charge in [-0.15, -0.1) is 0 Å². The molecular weight excluding hydrogens is 193 g/mol. The minimum atomic E-state index is -4.38. The summed E-state index contributed by atoms with van der Waals surface area (Å²) in [5.74, 6) is 0. The highest BCUT2D eigenvalue weighted by Crippen LogP contribution is 2.31. The minimum Gasteiger partial charge on any atom is -0.317 e. The van der Waals surface area contributed by atoms with Crippen LogP contribution in [0.4, 0.5) is 13.2 Å². The number of hydrogen-bond acceptors (Lipinski definition) is 1. The molecule has 0 aliphatic carbocycles. The second-order valence-electron chi connectivity index (χ2n) is 2.66. The van der Waals surface area contributed by atoms with E-state index >= 15 is 0 Å². The van der Waals surface area contributed by atoms with Gasteiger partial charge in [-0.2, -0.15) is 13.2 Å². The van der Waals surface area contributed by atoms with Gasteiger partial charge in [-0.3, -0.25) is 4.98 Å². The summed E-state index contributed by atoms with van der Waals surface area (Å²) in [6.45, 7) is 6.57. The molecule has 2 nitrogen and oxygen atoms in total. The van der Waals surface area contributed by atoms with Crippen molar-refractivity contribution in [2.75, 3.05) is 6.54 Å². The van der Waals surface area contributed by atoms with Crippen LogP contribution in [0.25, 0.3) is 4.85 Å². The molecule has 0 atom stereocenters. The van der Waals surface area contributed by atoms with E-state index in [2.05, 4.69) is 9.83 Å². The van der Waals surface area contributed by atoms with Crippen LogP contribution in [-0.4, -0.2) is 11.5 Å². The van der Waals surface area contributed by atoms with E-state index in [0.717, 1.165) is 6.20 Å². The molecule has 14 heavy (non-hydrogen) atoms. The van der Waals surface area contributed by atoms with Crippen LogP contribution in [-0.2, 0) is 12.6 Å². The van der Waals surface area contributed by atoms with Crippen LogP contribution in [0.2, 0.25) is 0 Å². The van der Waals surface area contributed by atoms with E-state index in [0.29, 0.717) is 0 Å². The zero-order valence-electron chi connectivity index (χ0n) is 7.17. The quantitative estimate of drug-likeness (QED) is 0.670. The molecule has 1 rings (SSSR count). The van der Waals surface area contributed by atoms with Crippen LogP contribution in [0, 0.1) is 6.57 Å². The summed E-state index contributed by atoms with van der Waals surface area (Å²) in [5.41, 5.74) is -0.618. The number of nitrogens with zero attached hydrogens (tertiary/aromatic N) is 2. The maximum Gasteiger partial charge on any atom is 0.418 e. The van der Waals surface area contributed by atoms with E-state index < -0.39 is 11.7 Å². The van der Waals surface area contributed by atoms with Crippen LogP contribution in [0.15, 0.2) is 18.5 Å². The monoisotopic (exact) mass is 200 g/mol. The highest BCUT2D eigenvalue weighted by molar-refractivity contribution is 5.26. The van der Waals surface area contributed by atoms with Crippen molar-refractivity contribution >= 4 is 0 Å². The van der Waals surface area contributed by atoms with Gasteiger partial charge in [0.05, 0.1) is 5.56 Å². The van der Waals surface area contributed by atoms with Crippen molar-refractivity contribution in [2.45, 2.75) is 12.6 Å². The molecule has 0 radical (unpaired) electrons. The van der Waals surface area contributed by atoms with Gasteiger partial charge in [0.15, 0.2) is 0 Å². The van der Waals surface area contributed by atoms with E-state index in [1.807, 2.05) is 0 Å². The second kappa shape index (κ2) is 4.09. The first-order valence-electron chi connectivity index (χ1n) is 3.89. The van der Waals surface area contributed by atoms with Crippen molar-refractivity contribution in [1.82, 2.24) is 4.98 Å². The van der Waals surface area contributed by atoms with Crippen molar-refractivity contribution in [1.29, 1.82) is 0 Å². The molecule has 0 bridgehead atoms. The molecule has 0 saturated carbocycles. The van der Waals surface area contributed by atoms with E-state index in [1.165, 1.54) is 12.3 Å². The Kier molecular flexibility index (Phi) is 3.07. The van der Waals surface area contributed by atoms with Crippen molar-refractivity contribution in [3.05, 3.63) is 41.0 Å². The van der Waals surface area contributed by atoms with E-state index in [1.54, 1.807) is 0 Å². The normalized spacial score (nSPS) is 11.0. The van der Waals surface area contributed by atoms with Gasteiger partial charge in [0.1, 0.15) is 0 Å². The molecule has 0 unspecified atom stereocenters. The highest BCUT2D eigenvalue weighted by Gasteiger charge is 2.33. The average Bonchev–Trinajstić information content (AvgIpc) is 2.14. The lowest BCUT2D eigenvalue weighted by Crippen LogP contribution is -2.10. The Morgan fingerprint density at radius 2 is 2.14 bits per heavy atom. The van der Waals surface area contributed by atoms with Crippen LogP contribution < -0.4 is 0 Å². The molecule has 0 aliphatic rings. The Labute approximate surface area is 79.2 Å². The summed E-state index contributed by atoms with van der Waals surface area (Å²) in [5, 5.41) is 0. The van der Waals surface area contributed by atoms with Gasteiger partial charge in [-0.1, -0.05) is 0 Å². The van der Waals surface area contributed by atoms with Crippen LogP contribution in [0.1, 0.15) is 11.1 Å². The van der Waals surface area contributed by atoms with Crippen LogP contribution in [0.3, 0.4) is 0 Å². The summed E-state index contributed by atoms with van der Waals surface area (Å²) in [7, 11) is 0. The maximum absolute atomic E-state index is 12.4. The predicted molar refractivity (Wildman–Crippen MR) is 44.4 cm³/mol. The molecule has 0 aromatic carbocycles. The maximum atomic E-state index is 12.4. The zero-order valence-corrected chi connectivity index (χ0v) is 7.17. The SMILES string of the molecule is [C-]#[N+]CCc1ccncc1C(F)(F)F. The van der Waals surface area contributed by atoms with Gasteiger partial charge in [0.25, 0.3) is 0 Å². The van der Waals surface area contributed by atoms with Gasteiger partial charge < -0.3 is 4.85 Å². The van der Waals surface area contributed by atoms with E-state index in [-0.39, 0.29) is 18.5 Å². The van der Waals surface area contributed by atoms with Crippen LogP contribution >= 0.6 is 0 Å². The topological polar surface area (TPSA) is 17.2 Å². The lowest BCUT2D eigenvalue weighted by molar-refractivity contribution is -0.138. The molecule has 0 spiro atoms. The molecule has 1 aromatic heterocycles. The number of hydrogen-bond donors (Lipinski definition) is 0. The molecule has 0 saturated heterocycles. The Hall–Kier alpha value is -1.57. The first-order valence-corrected chi connectivity index (χ1v) is 3.89. The first-order chi connectivity index (χ1) is 6.55. The molecule has 0 fully saturated rings. The molecule has 1 aromatic rings. The van der Waals surface area contributed by atoms with Crippen molar-refractivity contribution in [2.24, 2.45) is 0 Å². The lowest BCUT2D eigenvalue weighted by Gasteiger charge is -2.09. The van der Waals surface area contributed by atoms with Crippen molar-refractivity contribution in [3.63, 3.8) is 0 Å². The minimum absolute atomic E-state index is 0.0626. The Balaban J connectivity index is 2.99. The van der Waals surface area contributed by atoms with Gasteiger partial charge in [0.2, 0.25) is 6.54 Å². The molecule has 0 N–H and O–H groups in total. The van der Waals surface area contributed by atoms with Gasteiger partial charge in [-0.05, 0) is 11.6 Å². The summed E-state index contributed by atoms with van der Waals surface area (Å²) in [4.78, 5) is 6.44. The number of pyridine rings is 1. The van der Waals surface area contributed by atoms with Gasteiger partial charge in [0, 0.05) is 18.8 Å². The highest BCUT2D eigenvalue weighted by atomic mass is 19.4. The fraction of sp³-hybridized carbons (Fsp3) is 0.333. The smallest absolute Gasteiger partial charge is 0.317 e. The third kappa shape index (κ3) is 2.46. The van der Waals surface area contributed by atoms with Crippen molar-refractivity contribution < 1.29 is 13.2 Å². The average molecular weight is 200 g/mol. The number of halogens is 3. The number of rotatable bonds is 2. The summed E-state index contributed by atoms with van der Waals surface area (Å²) in [6.07, 6.45) is -2.18. The number of alkyl halides is 3. The molecule has 0 amide bonds. The largest absolute Gasteiger partial charge is 0.418 e. The third-order valence-corrected chi connectivity index (χ3v) is 1.71.